The van der Waals surface area contributed by atoms with Crippen LogP contribution in [0.1, 0.15) is 25.3 Å². The molecule has 1 rings (SSSR count). The lowest BCUT2D eigenvalue weighted by molar-refractivity contribution is 0.215. The average Bonchev–Trinajstić information content (AvgIpc) is 2.28. The molecule has 4 heteroatoms. The molecular weight excluding hydrogens is 278 g/mol. The number of aliphatic hydroxyl groups excluding tert-OH is 1. The van der Waals surface area contributed by atoms with E-state index in [9.17, 15) is 8.78 Å². The Morgan fingerprint density at radius 2 is 2.06 bits per heavy atom. The van der Waals surface area contributed by atoms with Crippen molar-refractivity contribution in [2.75, 3.05) is 6.61 Å². The maximum absolute atomic E-state index is 13.6. The molecule has 0 saturated heterocycles. The largest absolute Gasteiger partial charge is 0.396 e. The predicted octanol–water partition coefficient (Wildman–Crippen LogP) is 3.68. The summed E-state index contributed by atoms with van der Waals surface area (Å²) in [6.45, 7) is 1.94. The molecular formula is C12H15BrF2O. The van der Waals surface area contributed by atoms with Crippen molar-refractivity contribution in [2.24, 2.45) is 5.92 Å². The van der Waals surface area contributed by atoms with Gasteiger partial charge in [0.2, 0.25) is 0 Å². The molecule has 0 aliphatic heterocycles. The first kappa shape index (κ1) is 13.6. The van der Waals surface area contributed by atoms with Gasteiger partial charge in [0.1, 0.15) is 11.6 Å². The summed E-state index contributed by atoms with van der Waals surface area (Å²) in [6, 6.07) is 2.59. The highest BCUT2D eigenvalue weighted by molar-refractivity contribution is 9.10. The van der Waals surface area contributed by atoms with Gasteiger partial charge in [0, 0.05) is 12.2 Å². The Morgan fingerprint density at radius 1 is 1.38 bits per heavy atom. The molecule has 0 heterocycles. The fourth-order valence-corrected chi connectivity index (χ4v) is 2.08. The molecule has 1 aromatic rings. The monoisotopic (exact) mass is 292 g/mol. The van der Waals surface area contributed by atoms with Crippen molar-refractivity contribution in [1.82, 2.24) is 0 Å². The van der Waals surface area contributed by atoms with Crippen molar-refractivity contribution in [3.8, 4) is 0 Å². The van der Waals surface area contributed by atoms with Gasteiger partial charge in [-0.05, 0) is 46.8 Å². The van der Waals surface area contributed by atoms with E-state index in [1.807, 2.05) is 6.92 Å². The molecule has 0 bridgehead atoms. The summed E-state index contributed by atoms with van der Waals surface area (Å²) >= 11 is 3.03. The smallest absolute Gasteiger partial charge is 0.143 e. The van der Waals surface area contributed by atoms with E-state index in [2.05, 4.69) is 15.9 Å². The van der Waals surface area contributed by atoms with Gasteiger partial charge in [-0.2, -0.15) is 0 Å². The zero-order chi connectivity index (χ0) is 12.1. The Balaban J connectivity index is 2.90. The quantitative estimate of drug-likeness (QED) is 0.821. The van der Waals surface area contributed by atoms with E-state index < -0.39 is 11.6 Å². The molecule has 0 aliphatic rings. The van der Waals surface area contributed by atoms with E-state index >= 15 is 0 Å². The van der Waals surface area contributed by atoms with E-state index in [1.165, 1.54) is 12.1 Å². The van der Waals surface area contributed by atoms with Gasteiger partial charge in [0.05, 0.1) is 4.47 Å². The zero-order valence-corrected chi connectivity index (χ0v) is 10.7. The van der Waals surface area contributed by atoms with E-state index in [0.717, 1.165) is 12.8 Å². The molecule has 0 amide bonds. The van der Waals surface area contributed by atoms with E-state index in [0.29, 0.717) is 0 Å². The highest BCUT2D eigenvalue weighted by atomic mass is 79.9. The van der Waals surface area contributed by atoms with Gasteiger partial charge in [-0.1, -0.05) is 13.3 Å². The second kappa shape index (κ2) is 6.30. The third kappa shape index (κ3) is 3.25. The molecule has 1 atom stereocenters. The molecule has 0 aliphatic carbocycles. The molecule has 1 unspecified atom stereocenters. The third-order valence-electron chi connectivity index (χ3n) is 2.59. The second-order valence-electron chi connectivity index (χ2n) is 3.86. The van der Waals surface area contributed by atoms with Crippen LogP contribution < -0.4 is 0 Å². The molecule has 0 saturated carbocycles. The Morgan fingerprint density at radius 3 is 2.62 bits per heavy atom. The van der Waals surface area contributed by atoms with Crippen LogP contribution in [0.15, 0.2) is 16.6 Å². The van der Waals surface area contributed by atoms with Crippen LogP contribution in [0.4, 0.5) is 8.78 Å². The first-order valence-corrected chi connectivity index (χ1v) is 6.12. The van der Waals surface area contributed by atoms with Gasteiger partial charge in [-0.25, -0.2) is 8.78 Å². The van der Waals surface area contributed by atoms with Crippen molar-refractivity contribution in [3.63, 3.8) is 0 Å². The summed E-state index contributed by atoms with van der Waals surface area (Å²) in [5.74, 6) is -1.19. The Bertz CT molecular complexity index is 355. The lowest BCUT2D eigenvalue weighted by atomic mass is 9.95. The minimum absolute atomic E-state index is 0.0424. The van der Waals surface area contributed by atoms with Crippen LogP contribution in [0.3, 0.4) is 0 Å². The van der Waals surface area contributed by atoms with Crippen LogP contribution in [-0.2, 0) is 6.42 Å². The summed E-state index contributed by atoms with van der Waals surface area (Å²) in [5.41, 5.74) is 0.0573. The van der Waals surface area contributed by atoms with Crippen molar-refractivity contribution < 1.29 is 13.9 Å². The Kier molecular flexibility index (Phi) is 5.35. The average molecular weight is 293 g/mol. The van der Waals surface area contributed by atoms with Crippen LogP contribution in [0, 0.1) is 17.6 Å². The van der Waals surface area contributed by atoms with Gasteiger partial charge >= 0.3 is 0 Å². The number of rotatable bonds is 5. The lowest BCUT2D eigenvalue weighted by Gasteiger charge is -2.14. The van der Waals surface area contributed by atoms with Crippen molar-refractivity contribution in [3.05, 3.63) is 33.8 Å². The molecule has 90 valence electrons. The minimum atomic E-state index is -0.561. The minimum Gasteiger partial charge on any atom is -0.396 e. The molecule has 0 aromatic heterocycles. The van der Waals surface area contributed by atoms with Crippen molar-refractivity contribution >= 4 is 15.9 Å². The number of benzene rings is 1. The van der Waals surface area contributed by atoms with Crippen molar-refractivity contribution in [2.45, 2.75) is 26.2 Å². The summed E-state index contributed by atoms with van der Waals surface area (Å²) < 4.78 is 27.3. The number of hydrogen-bond acceptors (Lipinski definition) is 1. The fraction of sp³-hybridized carbons (Fsp3) is 0.500. The van der Waals surface area contributed by atoms with Crippen LogP contribution in [0.2, 0.25) is 0 Å². The molecule has 0 spiro atoms. The third-order valence-corrected chi connectivity index (χ3v) is 3.20. The zero-order valence-electron chi connectivity index (χ0n) is 9.14. The van der Waals surface area contributed by atoms with Gasteiger partial charge in [0.15, 0.2) is 0 Å². The molecule has 0 fully saturated rings. The second-order valence-corrected chi connectivity index (χ2v) is 4.72. The Labute approximate surface area is 103 Å². The van der Waals surface area contributed by atoms with E-state index in [4.69, 9.17) is 5.11 Å². The highest BCUT2D eigenvalue weighted by Gasteiger charge is 2.16. The summed E-state index contributed by atoms with van der Waals surface area (Å²) in [7, 11) is 0. The van der Waals surface area contributed by atoms with Crippen molar-refractivity contribution in [1.29, 1.82) is 0 Å². The maximum Gasteiger partial charge on any atom is 0.143 e. The number of hydrogen-bond donors (Lipinski definition) is 1. The van der Waals surface area contributed by atoms with Crippen LogP contribution in [0.25, 0.3) is 0 Å². The van der Waals surface area contributed by atoms with Gasteiger partial charge < -0.3 is 5.11 Å². The molecule has 1 N–H and O–H groups in total. The summed E-state index contributed by atoms with van der Waals surface area (Å²) in [5, 5.41) is 9.11. The summed E-state index contributed by atoms with van der Waals surface area (Å²) in [6.07, 6.45) is 1.89. The topological polar surface area (TPSA) is 20.2 Å². The fourth-order valence-electron chi connectivity index (χ4n) is 1.71. The number of halogens is 3. The van der Waals surface area contributed by atoms with Crippen LogP contribution in [-0.4, -0.2) is 11.7 Å². The SMILES string of the molecule is CCCC(CO)Cc1c(F)ccc(Br)c1F. The first-order valence-electron chi connectivity index (χ1n) is 5.33. The number of aliphatic hydroxyl groups is 1. The van der Waals surface area contributed by atoms with E-state index in [1.54, 1.807) is 0 Å². The maximum atomic E-state index is 13.6. The molecule has 1 aromatic carbocycles. The first-order chi connectivity index (χ1) is 7.60. The van der Waals surface area contributed by atoms with E-state index in [-0.39, 0.29) is 29.0 Å². The molecule has 0 radical (unpaired) electrons. The summed E-state index contributed by atoms with van der Waals surface area (Å²) in [4.78, 5) is 0. The molecule has 1 nitrogen and oxygen atoms in total. The van der Waals surface area contributed by atoms with Crippen LogP contribution in [0.5, 0.6) is 0 Å². The van der Waals surface area contributed by atoms with Crippen LogP contribution >= 0.6 is 15.9 Å². The lowest BCUT2D eigenvalue weighted by Crippen LogP contribution is -2.12. The van der Waals surface area contributed by atoms with Gasteiger partial charge in [-0.15, -0.1) is 0 Å². The standard InChI is InChI=1S/C12H15BrF2O/c1-2-3-8(7-16)6-9-11(14)5-4-10(13)12(9)15/h4-5,8,16H,2-3,6-7H2,1H3. The highest BCUT2D eigenvalue weighted by Crippen LogP contribution is 2.25. The molecule has 16 heavy (non-hydrogen) atoms. The van der Waals surface area contributed by atoms with Gasteiger partial charge in [0.25, 0.3) is 0 Å². The Hall–Kier alpha value is -0.480. The predicted molar refractivity (Wildman–Crippen MR) is 63.2 cm³/mol. The normalized spacial score (nSPS) is 12.8. The van der Waals surface area contributed by atoms with Gasteiger partial charge in [-0.3, -0.25) is 0 Å².